The monoisotopic (exact) mass is 440 g/mol. The second kappa shape index (κ2) is 15.8. The van der Waals surface area contributed by atoms with Gasteiger partial charge < -0.3 is 0 Å². The van der Waals surface area contributed by atoms with E-state index in [1.165, 1.54) is 88.5 Å². The van der Waals surface area contributed by atoms with Gasteiger partial charge in [-0.3, -0.25) is 9.59 Å². The second-order valence-corrected chi connectivity index (χ2v) is 9.33. The number of unbranched alkanes of at least 4 members (excludes halogenated alkanes) is 14. The van der Waals surface area contributed by atoms with E-state index >= 15 is 0 Å². The predicted octanol–water partition coefficient (Wildman–Crippen LogP) is 7.86. The van der Waals surface area contributed by atoms with Gasteiger partial charge in [0, 0.05) is 6.42 Å². The Morgan fingerprint density at radius 3 is 1.75 bits per heavy atom. The van der Waals surface area contributed by atoms with Crippen molar-refractivity contribution in [2.24, 2.45) is 11.0 Å². The third kappa shape index (κ3) is 9.26. The van der Waals surface area contributed by atoms with Crippen molar-refractivity contribution in [3.8, 4) is 0 Å². The summed E-state index contributed by atoms with van der Waals surface area (Å²) in [5.74, 6) is -0.883. The molecule has 1 aromatic carbocycles. The Morgan fingerprint density at radius 2 is 1.25 bits per heavy atom. The van der Waals surface area contributed by atoms with Crippen LogP contribution in [0.5, 0.6) is 0 Å². The van der Waals surface area contributed by atoms with Crippen LogP contribution in [0, 0.1) is 5.92 Å². The fourth-order valence-electron chi connectivity index (χ4n) is 4.51. The van der Waals surface area contributed by atoms with E-state index in [4.69, 9.17) is 0 Å². The molecule has 0 saturated heterocycles. The van der Waals surface area contributed by atoms with E-state index in [0.717, 1.165) is 18.5 Å². The van der Waals surface area contributed by atoms with Gasteiger partial charge in [-0.15, -0.1) is 0 Å². The maximum Gasteiger partial charge on any atom is 0.263 e. The summed E-state index contributed by atoms with van der Waals surface area (Å²) in [7, 11) is 0. The van der Waals surface area contributed by atoms with Gasteiger partial charge in [0.1, 0.15) is 5.92 Å². The zero-order valence-corrected chi connectivity index (χ0v) is 20.5. The van der Waals surface area contributed by atoms with E-state index < -0.39 is 5.92 Å². The summed E-state index contributed by atoms with van der Waals surface area (Å²) in [5.41, 5.74) is 1.34. The van der Waals surface area contributed by atoms with Gasteiger partial charge in [0.15, 0.2) is 5.78 Å². The standard InChI is InChI=1S/C28H44N2O2/c1-3-4-5-6-7-8-9-10-11-12-13-14-15-16-20-23-26(31)27-24(2)29-30(28(27)32)25-21-18-17-19-22-25/h17-19,21-22,27H,3-16,20,23H2,1-2H3. The summed E-state index contributed by atoms with van der Waals surface area (Å²) >= 11 is 0. The first-order chi connectivity index (χ1) is 15.6. The minimum atomic E-state index is -0.693. The third-order valence-electron chi connectivity index (χ3n) is 6.48. The summed E-state index contributed by atoms with van der Waals surface area (Å²) in [6.07, 6.45) is 20.1. The number of nitrogens with zero attached hydrogens (tertiary/aromatic N) is 2. The molecule has 0 radical (unpaired) electrons. The number of ketones is 1. The molecule has 178 valence electrons. The Bertz CT molecular complexity index is 699. The van der Waals surface area contributed by atoms with Crippen LogP contribution in [0.1, 0.15) is 117 Å². The number of para-hydroxylation sites is 1. The Morgan fingerprint density at radius 1 is 0.781 bits per heavy atom. The molecule has 0 N–H and O–H groups in total. The van der Waals surface area contributed by atoms with Gasteiger partial charge in [-0.2, -0.15) is 10.1 Å². The van der Waals surface area contributed by atoms with Crippen molar-refractivity contribution in [1.82, 2.24) is 0 Å². The Labute approximate surface area is 195 Å². The van der Waals surface area contributed by atoms with Gasteiger partial charge in [-0.25, -0.2) is 0 Å². The lowest BCUT2D eigenvalue weighted by Gasteiger charge is -2.13. The minimum absolute atomic E-state index is 0.0179. The highest BCUT2D eigenvalue weighted by atomic mass is 16.2. The zero-order chi connectivity index (χ0) is 23.0. The number of amides is 1. The quantitative estimate of drug-likeness (QED) is 0.172. The van der Waals surface area contributed by atoms with Gasteiger partial charge >= 0.3 is 0 Å². The molecule has 0 aromatic heterocycles. The highest BCUT2D eigenvalue weighted by Gasteiger charge is 2.38. The van der Waals surface area contributed by atoms with Gasteiger partial charge in [0.2, 0.25) is 0 Å². The summed E-state index contributed by atoms with van der Waals surface area (Å²) in [4.78, 5) is 25.4. The van der Waals surface area contributed by atoms with Crippen molar-refractivity contribution in [3.63, 3.8) is 0 Å². The van der Waals surface area contributed by atoms with Crippen molar-refractivity contribution in [2.75, 3.05) is 5.01 Å². The third-order valence-corrected chi connectivity index (χ3v) is 6.48. The predicted molar refractivity (Wildman–Crippen MR) is 135 cm³/mol. The molecule has 4 nitrogen and oxygen atoms in total. The molecule has 32 heavy (non-hydrogen) atoms. The fraction of sp³-hybridized carbons (Fsp3) is 0.679. The van der Waals surface area contributed by atoms with E-state index in [0.29, 0.717) is 12.1 Å². The van der Waals surface area contributed by atoms with Crippen LogP contribution in [-0.4, -0.2) is 17.4 Å². The van der Waals surface area contributed by atoms with Gasteiger partial charge in [-0.1, -0.05) is 115 Å². The van der Waals surface area contributed by atoms with Crippen LogP contribution in [0.15, 0.2) is 35.4 Å². The molecule has 1 heterocycles. The SMILES string of the molecule is CCCCCCCCCCCCCCCCCC(=O)C1C(=O)N(c2ccccc2)N=C1C. The van der Waals surface area contributed by atoms with E-state index in [1.807, 2.05) is 30.3 Å². The van der Waals surface area contributed by atoms with E-state index in [2.05, 4.69) is 12.0 Å². The van der Waals surface area contributed by atoms with Gasteiger partial charge in [0.25, 0.3) is 5.91 Å². The molecule has 1 aliphatic rings. The van der Waals surface area contributed by atoms with Crippen molar-refractivity contribution >= 4 is 23.1 Å². The Balaban J connectivity index is 1.47. The van der Waals surface area contributed by atoms with E-state index in [-0.39, 0.29) is 11.7 Å². The first-order valence-electron chi connectivity index (χ1n) is 13.1. The molecule has 0 aliphatic carbocycles. The highest BCUT2D eigenvalue weighted by Crippen LogP contribution is 2.25. The van der Waals surface area contributed by atoms with E-state index in [1.54, 1.807) is 6.92 Å². The Hall–Kier alpha value is -1.97. The fourth-order valence-corrected chi connectivity index (χ4v) is 4.51. The molecule has 0 bridgehead atoms. The van der Waals surface area contributed by atoms with Crippen LogP contribution in [0.3, 0.4) is 0 Å². The molecule has 0 saturated carbocycles. The summed E-state index contributed by atoms with van der Waals surface area (Å²) < 4.78 is 0. The van der Waals surface area contributed by atoms with Gasteiger partial charge in [-0.05, 0) is 25.5 Å². The van der Waals surface area contributed by atoms with Crippen molar-refractivity contribution in [1.29, 1.82) is 0 Å². The van der Waals surface area contributed by atoms with Crippen LogP contribution >= 0.6 is 0 Å². The molecule has 1 amide bonds. The topological polar surface area (TPSA) is 49.7 Å². The highest BCUT2D eigenvalue weighted by molar-refractivity contribution is 6.26. The van der Waals surface area contributed by atoms with Crippen molar-refractivity contribution < 1.29 is 9.59 Å². The average Bonchev–Trinajstić information content (AvgIpc) is 3.10. The molecular weight excluding hydrogens is 396 g/mol. The second-order valence-electron chi connectivity index (χ2n) is 9.33. The largest absolute Gasteiger partial charge is 0.298 e. The number of hydrazone groups is 1. The molecule has 1 aliphatic heterocycles. The van der Waals surface area contributed by atoms with Crippen LogP contribution in [0.25, 0.3) is 0 Å². The summed E-state index contributed by atoms with van der Waals surface area (Å²) in [6.45, 7) is 4.06. The van der Waals surface area contributed by atoms with Crippen LogP contribution in [0.4, 0.5) is 5.69 Å². The summed E-state index contributed by atoms with van der Waals surface area (Å²) in [6, 6.07) is 9.34. The van der Waals surface area contributed by atoms with Crippen LogP contribution in [-0.2, 0) is 9.59 Å². The number of Topliss-reactive ketones (excluding diaryl/α,β-unsaturated/α-hetero) is 1. The normalized spacial score (nSPS) is 15.9. The number of hydrogen-bond acceptors (Lipinski definition) is 3. The molecule has 0 spiro atoms. The first kappa shape index (κ1) is 26.3. The van der Waals surface area contributed by atoms with Crippen LogP contribution < -0.4 is 5.01 Å². The number of hydrogen-bond donors (Lipinski definition) is 0. The molecule has 0 fully saturated rings. The number of benzene rings is 1. The van der Waals surface area contributed by atoms with Crippen molar-refractivity contribution in [2.45, 2.75) is 117 Å². The maximum absolute atomic E-state index is 12.7. The lowest BCUT2D eigenvalue weighted by molar-refractivity contribution is -0.129. The number of rotatable bonds is 18. The number of anilines is 1. The number of carbonyl (C=O) groups excluding carboxylic acids is 2. The lowest BCUT2D eigenvalue weighted by atomic mass is 9.94. The van der Waals surface area contributed by atoms with Crippen LogP contribution in [0.2, 0.25) is 0 Å². The number of carbonyl (C=O) groups is 2. The lowest BCUT2D eigenvalue weighted by Crippen LogP contribution is -2.32. The molecule has 4 heteroatoms. The van der Waals surface area contributed by atoms with E-state index in [9.17, 15) is 9.59 Å². The molecule has 1 aromatic rings. The Kier molecular flexibility index (Phi) is 13.0. The molecular formula is C28H44N2O2. The molecule has 2 rings (SSSR count). The maximum atomic E-state index is 12.7. The summed E-state index contributed by atoms with van der Waals surface area (Å²) in [5, 5.41) is 5.72. The first-order valence-corrected chi connectivity index (χ1v) is 13.1. The zero-order valence-electron chi connectivity index (χ0n) is 20.5. The van der Waals surface area contributed by atoms with Gasteiger partial charge in [0.05, 0.1) is 11.4 Å². The average molecular weight is 441 g/mol. The smallest absolute Gasteiger partial charge is 0.263 e. The van der Waals surface area contributed by atoms with Crippen molar-refractivity contribution in [3.05, 3.63) is 30.3 Å². The molecule has 1 atom stereocenters. The minimum Gasteiger partial charge on any atom is -0.298 e. The molecule has 1 unspecified atom stereocenters.